The van der Waals surface area contributed by atoms with Crippen LogP contribution in [-0.2, 0) is 19.1 Å². The highest BCUT2D eigenvalue weighted by Gasteiger charge is 2.26. The van der Waals surface area contributed by atoms with E-state index in [0.29, 0.717) is 23.6 Å². The molecule has 0 aliphatic carbocycles. The molecule has 0 heterocycles. The standard InChI is InChI=1S/C20H23NO5/c1-4-25-13-18(22)26-19(15-8-6-5-7-9-15)20(23)21-16-12-14(2)10-11-17(16)24-3/h5-12,19H,4,13H2,1-3H3,(H,21,23)/t19-/m1/s1. The molecule has 0 aliphatic heterocycles. The lowest BCUT2D eigenvalue weighted by atomic mass is 10.1. The Kier molecular flexibility index (Phi) is 7.17. The maximum Gasteiger partial charge on any atom is 0.333 e. The molecular formula is C20H23NO5. The third-order valence-electron chi connectivity index (χ3n) is 3.63. The number of hydrogen-bond donors (Lipinski definition) is 1. The van der Waals surface area contributed by atoms with Crippen LogP contribution in [0.3, 0.4) is 0 Å². The maximum absolute atomic E-state index is 12.8. The van der Waals surface area contributed by atoms with E-state index in [1.165, 1.54) is 7.11 Å². The van der Waals surface area contributed by atoms with E-state index in [9.17, 15) is 9.59 Å². The summed E-state index contributed by atoms with van der Waals surface area (Å²) in [4.78, 5) is 24.8. The molecular weight excluding hydrogens is 334 g/mol. The van der Waals surface area contributed by atoms with E-state index in [1.807, 2.05) is 19.1 Å². The number of benzene rings is 2. The van der Waals surface area contributed by atoms with Crippen LogP contribution in [0.4, 0.5) is 5.69 Å². The molecule has 26 heavy (non-hydrogen) atoms. The van der Waals surface area contributed by atoms with Gasteiger partial charge in [0.2, 0.25) is 6.10 Å². The van der Waals surface area contributed by atoms with Gasteiger partial charge in [-0.1, -0.05) is 36.4 Å². The van der Waals surface area contributed by atoms with Gasteiger partial charge in [0.05, 0.1) is 12.8 Å². The lowest BCUT2D eigenvalue weighted by Gasteiger charge is -2.19. The summed E-state index contributed by atoms with van der Waals surface area (Å²) in [6.45, 7) is 3.86. The molecule has 1 atom stereocenters. The molecule has 0 saturated heterocycles. The topological polar surface area (TPSA) is 73.9 Å². The number of anilines is 1. The number of hydrogen-bond acceptors (Lipinski definition) is 5. The van der Waals surface area contributed by atoms with Gasteiger partial charge in [-0.25, -0.2) is 4.79 Å². The van der Waals surface area contributed by atoms with Gasteiger partial charge in [-0.15, -0.1) is 0 Å². The molecule has 138 valence electrons. The SMILES string of the molecule is CCOCC(=O)O[C@@H](C(=O)Nc1cc(C)ccc1OC)c1ccccc1. The Labute approximate surface area is 153 Å². The number of rotatable bonds is 8. The van der Waals surface area contributed by atoms with Crippen LogP contribution in [0.25, 0.3) is 0 Å². The van der Waals surface area contributed by atoms with Gasteiger partial charge >= 0.3 is 5.97 Å². The minimum Gasteiger partial charge on any atom is -0.495 e. The predicted octanol–water partition coefficient (Wildman–Crippen LogP) is 3.26. The quantitative estimate of drug-likeness (QED) is 0.734. The van der Waals surface area contributed by atoms with Crippen molar-refractivity contribution in [2.75, 3.05) is 25.6 Å². The highest BCUT2D eigenvalue weighted by atomic mass is 16.6. The van der Waals surface area contributed by atoms with E-state index >= 15 is 0 Å². The first-order chi connectivity index (χ1) is 12.5. The van der Waals surface area contributed by atoms with Gasteiger partial charge in [-0.3, -0.25) is 4.79 Å². The molecule has 0 aromatic heterocycles. The van der Waals surface area contributed by atoms with Crippen molar-refractivity contribution >= 4 is 17.6 Å². The fraction of sp³-hybridized carbons (Fsp3) is 0.300. The van der Waals surface area contributed by atoms with Crippen molar-refractivity contribution < 1.29 is 23.8 Å². The summed E-state index contributed by atoms with van der Waals surface area (Å²) in [5, 5.41) is 2.78. The summed E-state index contributed by atoms with van der Waals surface area (Å²) in [7, 11) is 1.52. The summed E-state index contributed by atoms with van der Waals surface area (Å²) < 4.78 is 15.7. The second-order valence-corrected chi connectivity index (χ2v) is 5.61. The van der Waals surface area contributed by atoms with Gasteiger partial charge in [0.1, 0.15) is 12.4 Å². The van der Waals surface area contributed by atoms with Gasteiger partial charge in [-0.05, 0) is 31.5 Å². The van der Waals surface area contributed by atoms with E-state index in [-0.39, 0.29) is 6.61 Å². The van der Waals surface area contributed by atoms with E-state index in [1.54, 1.807) is 43.3 Å². The van der Waals surface area contributed by atoms with Crippen molar-refractivity contribution in [1.29, 1.82) is 0 Å². The molecule has 0 saturated carbocycles. The molecule has 0 unspecified atom stereocenters. The van der Waals surface area contributed by atoms with Gasteiger partial charge in [-0.2, -0.15) is 0 Å². The van der Waals surface area contributed by atoms with Crippen molar-refractivity contribution in [1.82, 2.24) is 0 Å². The predicted molar refractivity (Wildman–Crippen MR) is 98.1 cm³/mol. The molecule has 0 bridgehead atoms. The number of carbonyl (C=O) groups excluding carboxylic acids is 2. The Morgan fingerprint density at radius 2 is 1.85 bits per heavy atom. The lowest BCUT2D eigenvalue weighted by Crippen LogP contribution is -2.27. The van der Waals surface area contributed by atoms with Crippen LogP contribution >= 0.6 is 0 Å². The fourth-order valence-electron chi connectivity index (χ4n) is 2.37. The number of methoxy groups -OCH3 is 1. The van der Waals surface area contributed by atoms with E-state index in [4.69, 9.17) is 14.2 Å². The third kappa shape index (κ3) is 5.32. The molecule has 2 aromatic rings. The molecule has 6 heteroatoms. The molecule has 6 nitrogen and oxygen atoms in total. The number of ether oxygens (including phenoxy) is 3. The van der Waals surface area contributed by atoms with Crippen LogP contribution in [0, 0.1) is 6.92 Å². The van der Waals surface area contributed by atoms with Gasteiger partial charge in [0.25, 0.3) is 5.91 Å². The fourth-order valence-corrected chi connectivity index (χ4v) is 2.37. The lowest BCUT2D eigenvalue weighted by molar-refractivity contribution is -0.159. The van der Waals surface area contributed by atoms with Crippen LogP contribution in [0.15, 0.2) is 48.5 Å². The number of aryl methyl sites for hydroxylation is 1. The summed E-state index contributed by atoms with van der Waals surface area (Å²) >= 11 is 0. The summed E-state index contributed by atoms with van der Waals surface area (Å²) in [6, 6.07) is 14.3. The van der Waals surface area contributed by atoms with E-state index in [0.717, 1.165) is 5.56 Å². The maximum atomic E-state index is 12.8. The second-order valence-electron chi connectivity index (χ2n) is 5.61. The molecule has 2 aromatic carbocycles. The van der Waals surface area contributed by atoms with Crippen LogP contribution in [0.5, 0.6) is 5.75 Å². The normalized spacial score (nSPS) is 11.5. The Morgan fingerprint density at radius 1 is 1.12 bits per heavy atom. The zero-order valence-electron chi connectivity index (χ0n) is 15.2. The average Bonchev–Trinajstić information content (AvgIpc) is 2.65. The van der Waals surface area contributed by atoms with Crippen molar-refractivity contribution in [3.05, 3.63) is 59.7 Å². The van der Waals surface area contributed by atoms with Gasteiger partial charge in [0.15, 0.2) is 0 Å². The number of esters is 1. The Balaban J connectivity index is 2.23. The van der Waals surface area contributed by atoms with Crippen molar-refractivity contribution in [2.45, 2.75) is 20.0 Å². The molecule has 0 radical (unpaired) electrons. The van der Waals surface area contributed by atoms with Crippen LogP contribution < -0.4 is 10.1 Å². The van der Waals surface area contributed by atoms with Crippen molar-refractivity contribution in [2.24, 2.45) is 0 Å². The number of nitrogens with one attached hydrogen (secondary N) is 1. The summed E-state index contributed by atoms with van der Waals surface area (Å²) in [5.41, 5.74) is 2.05. The average molecular weight is 357 g/mol. The van der Waals surface area contributed by atoms with Crippen molar-refractivity contribution in [3.8, 4) is 5.75 Å². The van der Waals surface area contributed by atoms with Gasteiger partial charge in [0, 0.05) is 12.2 Å². The molecule has 0 fully saturated rings. The van der Waals surface area contributed by atoms with Crippen LogP contribution in [0.2, 0.25) is 0 Å². The molecule has 0 aliphatic rings. The van der Waals surface area contributed by atoms with E-state index < -0.39 is 18.0 Å². The summed E-state index contributed by atoms with van der Waals surface area (Å²) in [6.07, 6.45) is -1.09. The molecule has 1 N–H and O–H groups in total. The van der Waals surface area contributed by atoms with E-state index in [2.05, 4.69) is 5.32 Å². The zero-order valence-corrected chi connectivity index (χ0v) is 15.2. The first-order valence-corrected chi connectivity index (χ1v) is 8.32. The monoisotopic (exact) mass is 357 g/mol. The smallest absolute Gasteiger partial charge is 0.333 e. The van der Waals surface area contributed by atoms with Crippen LogP contribution in [0.1, 0.15) is 24.2 Å². The van der Waals surface area contributed by atoms with Crippen LogP contribution in [-0.4, -0.2) is 32.2 Å². The summed E-state index contributed by atoms with van der Waals surface area (Å²) in [5.74, 6) is -0.548. The Bertz CT molecular complexity index is 745. The first kappa shape index (κ1) is 19.5. The zero-order chi connectivity index (χ0) is 18.9. The largest absolute Gasteiger partial charge is 0.495 e. The molecule has 1 amide bonds. The minimum atomic E-state index is -1.09. The molecule has 0 spiro atoms. The molecule has 2 rings (SSSR count). The highest BCUT2D eigenvalue weighted by molar-refractivity contribution is 5.97. The van der Waals surface area contributed by atoms with Crippen molar-refractivity contribution in [3.63, 3.8) is 0 Å². The Morgan fingerprint density at radius 3 is 2.50 bits per heavy atom. The first-order valence-electron chi connectivity index (χ1n) is 8.32. The van der Waals surface area contributed by atoms with Gasteiger partial charge < -0.3 is 19.5 Å². The second kappa shape index (κ2) is 9.58. The minimum absolute atomic E-state index is 0.207. The number of amides is 1. The highest BCUT2D eigenvalue weighted by Crippen LogP contribution is 2.27. The third-order valence-corrected chi connectivity index (χ3v) is 3.63. The number of carbonyl (C=O) groups is 2. The Hall–Kier alpha value is -2.86.